The van der Waals surface area contributed by atoms with E-state index in [1.54, 1.807) is 0 Å². The van der Waals surface area contributed by atoms with Crippen LogP contribution in [0.25, 0.3) is 0 Å². The van der Waals surface area contributed by atoms with Crippen molar-refractivity contribution in [2.45, 2.75) is 19.8 Å². The highest BCUT2D eigenvalue weighted by Gasteiger charge is 2.05. The number of nitrogens with zero attached hydrogens (tertiary/aromatic N) is 2. The summed E-state index contributed by atoms with van der Waals surface area (Å²) in [6.07, 6.45) is 1.56. The zero-order valence-electron chi connectivity index (χ0n) is 9.45. The van der Waals surface area contributed by atoms with E-state index in [1.165, 1.54) is 0 Å². The van der Waals surface area contributed by atoms with Gasteiger partial charge in [0.25, 0.3) is 0 Å². The summed E-state index contributed by atoms with van der Waals surface area (Å²) >= 11 is 9.49. The van der Waals surface area contributed by atoms with E-state index >= 15 is 0 Å². The molecule has 0 aliphatic rings. The second-order valence-corrected chi connectivity index (χ2v) is 4.96. The van der Waals surface area contributed by atoms with Gasteiger partial charge in [0.1, 0.15) is 11.0 Å². The lowest BCUT2D eigenvalue weighted by atomic mass is 10.1. The minimum atomic E-state index is 0.513. The smallest absolute Gasteiger partial charge is 0.134 e. The van der Waals surface area contributed by atoms with Crippen molar-refractivity contribution in [3.63, 3.8) is 0 Å². The van der Waals surface area contributed by atoms with E-state index in [4.69, 9.17) is 11.6 Å². The van der Waals surface area contributed by atoms with Gasteiger partial charge in [-0.2, -0.15) is 0 Å². The summed E-state index contributed by atoms with van der Waals surface area (Å²) in [4.78, 5) is 8.72. The number of benzene rings is 1. The Balaban J connectivity index is 2.30. The molecule has 0 bridgehead atoms. The standard InChI is InChI=1S/C13H12BrClN2/c1-2-10-8-12(15)17-13(16-10)7-9-5-3-4-6-11(9)14/h3-6,8H,2,7H2,1H3. The van der Waals surface area contributed by atoms with Gasteiger partial charge >= 0.3 is 0 Å². The molecule has 0 N–H and O–H groups in total. The largest absolute Gasteiger partial charge is 0.237 e. The molecule has 1 heterocycles. The fourth-order valence-electron chi connectivity index (χ4n) is 1.59. The van der Waals surface area contributed by atoms with Gasteiger partial charge in [-0.3, -0.25) is 0 Å². The molecule has 0 aliphatic heterocycles. The Kier molecular flexibility index (Phi) is 4.13. The lowest BCUT2D eigenvalue weighted by Gasteiger charge is -2.05. The first-order valence-corrected chi connectivity index (χ1v) is 6.62. The van der Waals surface area contributed by atoms with Crippen LogP contribution in [-0.2, 0) is 12.8 Å². The summed E-state index contributed by atoms with van der Waals surface area (Å²) in [6.45, 7) is 2.06. The van der Waals surface area contributed by atoms with Crippen LogP contribution in [0.15, 0.2) is 34.8 Å². The van der Waals surface area contributed by atoms with E-state index in [-0.39, 0.29) is 0 Å². The predicted molar refractivity (Wildman–Crippen MR) is 73.4 cm³/mol. The van der Waals surface area contributed by atoms with Crippen LogP contribution >= 0.6 is 27.5 Å². The van der Waals surface area contributed by atoms with Gasteiger partial charge in [0.15, 0.2) is 0 Å². The van der Waals surface area contributed by atoms with Gasteiger partial charge in [-0.25, -0.2) is 9.97 Å². The van der Waals surface area contributed by atoms with Crippen molar-refractivity contribution in [2.24, 2.45) is 0 Å². The highest BCUT2D eigenvalue weighted by atomic mass is 79.9. The van der Waals surface area contributed by atoms with Gasteiger partial charge in [-0.05, 0) is 24.1 Å². The van der Waals surface area contributed by atoms with Crippen LogP contribution < -0.4 is 0 Å². The number of rotatable bonds is 3. The maximum atomic E-state index is 5.97. The van der Waals surface area contributed by atoms with Gasteiger partial charge in [0.05, 0.1) is 0 Å². The quantitative estimate of drug-likeness (QED) is 0.799. The molecule has 0 fully saturated rings. The van der Waals surface area contributed by atoms with E-state index in [0.717, 1.165) is 28.0 Å². The highest BCUT2D eigenvalue weighted by molar-refractivity contribution is 9.10. The summed E-state index contributed by atoms with van der Waals surface area (Å²) in [7, 11) is 0. The van der Waals surface area contributed by atoms with Crippen molar-refractivity contribution in [2.75, 3.05) is 0 Å². The molecule has 2 nitrogen and oxygen atoms in total. The van der Waals surface area contributed by atoms with Crippen LogP contribution in [0.5, 0.6) is 0 Å². The van der Waals surface area contributed by atoms with Gasteiger partial charge in [0, 0.05) is 16.6 Å². The van der Waals surface area contributed by atoms with Crippen LogP contribution in [0.2, 0.25) is 5.15 Å². The van der Waals surface area contributed by atoms with Crippen molar-refractivity contribution in [1.29, 1.82) is 0 Å². The molecule has 0 radical (unpaired) electrons. The van der Waals surface area contributed by atoms with E-state index in [0.29, 0.717) is 11.6 Å². The Hall–Kier alpha value is -0.930. The normalized spacial score (nSPS) is 10.5. The van der Waals surface area contributed by atoms with Crippen molar-refractivity contribution < 1.29 is 0 Å². The molecule has 1 aromatic heterocycles. The van der Waals surface area contributed by atoms with Crippen LogP contribution in [0, 0.1) is 0 Å². The molecule has 88 valence electrons. The molecule has 0 saturated heterocycles. The molecule has 2 aromatic rings. The third-order valence-corrected chi connectivity index (χ3v) is 3.43. The van der Waals surface area contributed by atoms with Gasteiger partial charge in [-0.15, -0.1) is 0 Å². The average Bonchev–Trinajstić information content (AvgIpc) is 2.31. The Morgan fingerprint density at radius 2 is 2.00 bits per heavy atom. The molecular weight excluding hydrogens is 300 g/mol. The van der Waals surface area contributed by atoms with E-state index in [1.807, 2.05) is 24.3 Å². The van der Waals surface area contributed by atoms with E-state index in [9.17, 15) is 0 Å². The second kappa shape index (κ2) is 5.61. The Morgan fingerprint density at radius 1 is 1.24 bits per heavy atom. The van der Waals surface area contributed by atoms with E-state index < -0.39 is 0 Å². The summed E-state index contributed by atoms with van der Waals surface area (Å²) < 4.78 is 1.07. The van der Waals surface area contributed by atoms with Crippen molar-refractivity contribution >= 4 is 27.5 Å². The lowest BCUT2D eigenvalue weighted by molar-refractivity contribution is 0.904. The van der Waals surface area contributed by atoms with E-state index in [2.05, 4.69) is 38.9 Å². The summed E-state index contributed by atoms with van der Waals surface area (Å²) in [6, 6.07) is 9.88. The zero-order valence-corrected chi connectivity index (χ0v) is 11.8. The maximum Gasteiger partial charge on any atom is 0.134 e. The average molecular weight is 312 g/mol. The molecule has 4 heteroatoms. The molecule has 0 saturated carbocycles. The van der Waals surface area contributed by atoms with Crippen LogP contribution in [0.3, 0.4) is 0 Å². The molecule has 17 heavy (non-hydrogen) atoms. The molecule has 0 spiro atoms. The van der Waals surface area contributed by atoms with Gasteiger partial charge in [0.2, 0.25) is 0 Å². The highest BCUT2D eigenvalue weighted by Crippen LogP contribution is 2.19. The Bertz CT molecular complexity index is 529. The molecule has 0 amide bonds. The molecular formula is C13H12BrClN2. The number of hydrogen-bond acceptors (Lipinski definition) is 2. The van der Waals surface area contributed by atoms with Crippen LogP contribution in [-0.4, -0.2) is 9.97 Å². The third kappa shape index (κ3) is 3.27. The Labute approximate surface area is 114 Å². The van der Waals surface area contributed by atoms with Crippen molar-refractivity contribution in [3.05, 3.63) is 57.0 Å². The molecule has 0 atom stereocenters. The Morgan fingerprint density at radius 3 is 2.71 bits per heavy atom. The van der Waals surface area contributed by atoms with Crippen LogP contribution in [0.1, 0.15) is 24.0 Å². The number of aromatic nitrogens is 2. The summed E-state index contributed by atoms with van der Waals surface area (Å²) in [5.41, 5.74) is 2.14. The topological polar surface area (TPSA) is 25.8 Å². The minimum Gasteiger partial charge on any atom is -0.237 e. The minimum absolute atomic E-state index is 0.513. The van der Waals surface area contributed by atoms with Gasteiger partial charge < -0.3 is 0 Å². The summed E-state index contributed by atoms with van der Waals surface area (Å²) in [5, 5.41) is 0.513. The fraction of sp³-hybridized carbons (Fsp3) is 0.231. The third-order valence-electron chi connectivity index (χ3n) is 2.46. The fourth-order valence-corrected chi connectivity index (χ4v) is 2.24. The second-order valence-electron chi connectivity index (χ2n) is 3.72. The lowest BCUT2D eigenvalue weighted by Crippen LogP contribution is -2.00. The SMILES string of the molecule is CCc1cc(Cl)nc(Cc2ccccc2Br)n1. The molecule has 1 aromatic carbocycles. The molecule has 2 rings (SSSR count). The zero-order chi connectivity index (χ0) is 12.3. The first kappa shape index (κ1) is 12.5. The first-order chi connectivity index (χ1) is 8.19. The molecule has 0 aliphatic carbocycles. The number of halogens is 2. The number of hydrogen-bond donors (Lipinski definition) is 0. The monoisotopic (exact) mass is 310 g/mol. The van der Waals surface area contributed by atoms with Crippen molar-refractivity contribution in [1.82, 2.24) is 9.97 Å². The number of aryl methyl sites for hydroxylation is 1. The van der Waals surface area contributed by atoms with Crippen molar-refractivity contribution in [3.8, 4) is 0 Å². The first-order valence-electron chi connectivity index (χ1n) is 5.44. The summed E-state index contributed by atoms with van der Waals surface area (Å²) in [5.74, 6) is 0.765. The van der Waals surface area contributed by atoms with Gasteiger partial charge in [-0.1, -0.05) is 52.7 Å². The van der Waals surface area contributed by atoms with Crippen LogP contribution in [0.4, 0.5) is 0 Å². The predicted octanol–water partition coefficient (Wildman–Crippen LogP) is 4.05. The molecule has 0 unspecified atom stereocenters. The maximum absolute atomic E-state index is 5.97.